The summed E-state index contributed by atoms with van der Waals surface area (Å²) < 4.78 is 11.0. The molecule has 0 aliphatic rings. The Morgan fingerprint density at radius 1 is 1.24 bits per heavy atom. The second kappa shape index (κ2) is 7.71. The van der Waals surface area contributed by atoms with Crippen LogP contribution < -0.4 is 10.1 Å². The standard InChI is InChI=1S/C16H29N3O2/c1-11(2)15-17-9-14(21-12(3)10-20-7)13(19-15)8-18-16(4,5)6/h9,11-12,18H,8,10H2,1-7H3. The molecule has 0 bridgehead atoms. The van der Waals surface area contributed by atoms with Gasteiger partial charge in [0.15, 0.2) is 5.75 Å². The molecule has 1 atom stereocenters. The summed E-state index contributed by atoms with van der Waals surface area (Å²) in [7, 11) is 1.67. The van der Waals surface area contributed by atoms with Gasteiger partial charge in [-0.2, -0.15) is 0 Å². The number of aromatic nitrogens is 2. The monoisotopic (exact) mass is 295 g/mol. The summed E-state index contributed by atoms with van der Waals surface area (Å²) in [4.78, 5) is 9.04. The molecule has 0 radical (unpaired) electrons. The van der Waals surface area contributed by atoms with Gasteiger partial charge in [-0.25, -0.2) is 9.97 Å². The number of nitrogens with one attached hydrogen (secondary N) is 1. The number of nitrogens with zero attached hydrogens (tertiary/aromatic N) is 2. The van der Waals surface area contributed by atoms with Crippen molar-refractivity contribution in [3.63, 3.8) is 0 Å². The molecule has 0 aliphatic heterocycles. The number of hydrogen-bond donors (Lipinski definition) is 1. The van der Waals surface area contributed by atoms with E-state index in [9.17, 15) is 0 Å². The van der Waals surface area contributed by atoms with Crippen molar-refractivity contribution >= 4 is 0 Å². The average molecular weight is 295 g/mol. The molecular weight excluding hydrogens is 266 g/mol. The van der Waals surface area contributed by atoms with E-state index in [2.05, 4.69) is 49.9 Å². The number of rotatable bonds is 7. The van der Waals surface area contributed by atoms with Gasteiger partial charge in [-0.05, 0) is 27.7 Å². The molecule has 5 heteroatoms. The maximum Gasteiger partial charge on any atom is 0.160 e. The summed E-state index contributed by atoms with van der Waals surface area (Å²) in [6.07, 6.45) is 1.74. The Labute approximate surface area is 128 Å². The summed E-state index contributed by atoms with van der Waals surface area (Å²) in [5, 5.41) is 3.45. The van der Waals surface area contributed by atoms with E-state index in [1.165, 1.54) is 0 Å². The van der Waals surface area contributed by atoms with E-state index in [1.54, 1.807) is 13.3 Å². The van der Waals surface area contributed by atoms with Crippen molar-refractivity contribution < 1.29 is 9.47 Å². The van der Waals surface area contributed by atoms with Crippen LogP contribution in [0.5, 0.6) is 5.75 Å². The van der Waals surface area contributed by atoms with E-state index in [1.807, 2.05) is 6.92 Å². The van der Waals surface area contributed by atoms with E-state index in [0.717, 1.165) is 17.3 Å². The first-order valence-electron chi connectivity index (χ1n) is 7.49. The molecule has 1 rings (SSSR count). The van der Waals surface area contributed by atoms with Gasteiger partial charge in [0.05, 0.1) is 18.5 Å². The quantitative estimate of drug-likeness (QED) is 0.838. The van der Waals surface area contributed by atoms with Crippen molar-refractivity contribution in [2.45, 2.75) is 65.6 Å². The Kier molecular flexibility index (Phi) is 6.55. The lowest BCUT2D eigenvalue weighted by atomic mass is 10.1. The maximum absolute atomic E-state index is 5.90. The first kappa shape index (κ1) is 17.9. The zero-order chi connectivity index (χ0) is 16.0. The SMILES string of the molecule is COCC(C)Oc1cnc(C(C)C)nc1CNC(C)(C)C. The van der Waals surface area contributed by atoms with E-state index in [-0.39, 0.29) is 11.6 Å². The molecule has 1 aromatic heterocycles. The molecule has 0 spiro atoms. The van der Waals surface area contributed by atoms with Crippen LogP contribution in [0.3, 0.4) is 0 Å². The van der Waals surface area contributed by atoms with Crippen molar-refractivity contribution in [1.29, 1.82) is 0 Å². The van der Waals surface area contributed by atoms with E-state index >= 15 is 0 Å². The first-order chi connectivity index (χ1) is 9.73. The molecule has 0 aromatic carbocycles. The van der Waals surface area contributed by atoms with Gasteiger partial charge >= 0.3 is 0 Å². The molecule has 0 fully saturated rings. The minimum Gasteiger partial charge on any atom is -0.485 e. The Hall–Kier alpha value is -1.20. The Morgan fingerprint density at radius 3 is 2.43 bits per heavy atom. The van der Waals surface area contributed by atoms with Crippen LogP contribution in [-0.4, -0.2) is 35.3 Å². The van der Waals surface area contributed by atoms with Crippen molar-refractivity contribution in [2.24, 2.45) is 0 Å². The fraction of sp³-hybridized carbons (Fsp3) is 0.750. The lowest BCUT2D eigenvalue weighted by Gasteiger charge is -2.22. The molecule has 1 unspecified atom stereocenters. The second-order valence-electron chi connectivity index (χ2n) is 6.68. The van der Waals surface area contributed by atoms with Crippen molar-refractivity contribution in [1.82, 2.24) is 15.3 Å². The summed E-state index contributed by atoms with van der Waals surface area (Å²) >= 11 is 0. The van der Waals surface area contributed by atoms with Gasteiger partial charge in [0.2, 0.25) is 0 Å². The Morgan fingerprint density at radius 2 is 1.90 bits per heavy atom. The third-order valence-corrected chi connectivity index (χ3v) is 2.88. The second-order valence-corrected chi connectivity index (χ2v) is 6.68. The fourth-order valence-electron chi connectivity index (χ4n) is 1.76. The minimum atomic E-state index is -0.0307. The summed E-state index contributed by atoms with van der Waals surface area (Å²) in [5.41, 5.74) is 0.921. The van der Waals surface area contributed by atoms with Crippen LogP contribution in [0, 0.1) is 0 Å². The van der Waals surface area contributed by atoms with Crippen molar-refractivity contribution in [3.05, 3.63) is 17.7 Å². The number of methoxy groups -OCH3 is 1. The average Bonchev–Trinajstić information content (AvgIpc) is 2.36. The summed E-state index contributed by atoms with van der Waals surface area (Å²) in [6, 6.07) is 0. The number of hydrogen-bond acceptors (Lipinski definition) is 5. The lowest BCUT2D eigenvalue weighted by Crippen LogP contribution is -2.35. The highest BCUT2D eigenvalue weighted by molar-refractivity contribution is 5.26. The number of ether oxygens (including phenoxy) is 2. The minimum absolute atomic E-state index is 0.0262. The predicted octanol–water partition coefficient (Wildman–Crippen LogP) is 2.90. The topological polar surface area (TPSA) is 56.3 Å². The van der Waals surface area contributed by atoms with Gasteiger partial charge in [-0.3, -0.25) is 0 Å². The molecule has 1 heterocycles. The van der Waals surface area contributed by atoms with Gasteiger partial charge in [-0.1, -0.05) is 13.8 Å². The first-order valence-corrected chi connectivity index (χ1v) is 7.49. The molecule has 0 amide bonds. The predicted molar refractivity (Wildman–Crippen MR) is 84.7 cm³/mol. The van der Waals surface area contributed by atoms with Crippen LogP contribution >= 0.6 is 0 Å². The molecule has 0 saturated carbocycles. The Bertz CT molecular complexity index is 442. The summed E-state index contributed by atoms with van der Waals surface area (Å²) in [5.74, 6) is 1.86. The molecule has 120 valence electrons. The highest BCUT2D eigenvalue weighted by Gasteiger charge is 2.16. The fourth-order valence-corrected chi connectivity index (χ4v) is 1.76. The summed E-state index contributed by atoms with van der Waals surface area (Å²) in [6.45, 7) is 13.7. The molecule has 0 saturated heterocycles. The zero-order valence-electron chi connectivity index (χ0n) is 14.4. The van der Waals surface area contributed by atoms with Gasteiger partial charge in [0.1, 0.15) is 11.9 Å². The molecule has 1 N–H and O–H groups in total. The molecule has 21 heavy (non-hydrogen) atoms. The third kappa shape index (κ3) is 6.40. The van der Waals surface area contributed by atoms with Crippen molar-refractivity contribution in [3.8, 4) is 5.75 Å². The smallest absolute Gasteiger partial charge is 0.160 e. The van der Waals surface area contributed by atoms with Crippen LogP contribution in [0.15, 0.2) is 6.20 Å². The lowest BCUT2D eigenvalue weighted by molar-refractivity contribution is 0.0905. The van der Waals surface area contributed by atoms with Crippen LogP contribution in [0.25, 0.3) is 0 Å². The van der Waals surface area contributed by atoms with Gasteiger partial charge in [0.25, 0.3) is 0 Å². The van der Waals surface area contributed by atoms with Gasteiger partial charge in [-0.15, -0.1) is 0 Å². The zero-order valence-corrected chi connectivity index (χ0v) is 14.4. The van der Waals surface area contributed by atoms with E-state index in [4.69, 9.17) is 9.47 Å². The molecule has 0 aliphatic carbocycles. The highest BCUT2D eigenvalue weighted by atomic mass is 16.5. The van der Waals surface area contributed by atoms with E-state index in [0.29, 0.717) is 19.1 Å². The molecular formula is C16H29N3O2. The Balaban J connectivity index is 2.94. The highest BCUT2D eigenvalue weighted by Crippen LogP contribution is 2.20. The van der Waals surface area contributed by atoms with Gasteiger partial charge < -0.3 is 14.8 Å². The van der Waals surface area contributed by atoms with Crippen LogP contribution in [0.1, 0.15) is 59.0 Å². The van der Waals surface area contributed by atoms with Crippen molar-refractivity contribution in [2.75, 3.05) is 13.7 Å². The van der Waals surface area contributed by atoms with Crippen LogP contribution in [0.2, 0.25) is 0 Å². The van der Waals surface area contributed by atoms with Gasteiger partial charge in [0, 0.05) is 25.1 Å². The van der Waals surface area contributed by atoms with Crippen LogP contribution in [0.4, 0.5) is 0 Å². The molecule has 5 nitrogen and oxygen atoms in total. The molecule has 1 aromatic rings. The largest absolute Gasteiger partial charge is 0.485 e. The third-order valence-electron chi connectivity index (χ3n) is 2.88. The van der Waals surface area contributed by atoms with E-state index < -0.39 is 0 Å². The van der Waals surface area contributed by atoms with Crippen LogP contribution in [-0.2, 0) is 11.3 Å². The normalized spacial score (nSPS) is 13.5. The maximum atomic E-state index is 5.90.